The highest BCUT2D eigenvalue weighted by Crippen LogP contribution is 2.12. The average molecular weight is 228 g/mol. The molecule has 0 aromatic carbocycles. The fourth-order valence-corrected chi connectivity index (χ4v) is 1.88. The second-order valence-corrected chi connectivity index (χ2v) is 4.03. The van der Waals surface area contributed by atoms with Gasteiger partial charge in [-0.25, -0.2) is 0 Å². The van der Waals surface area contributed by atoms with Crippen molar-refractivity contribution in [2.75, 3.05) is 33.3 Å². The maximum Gasteiger partial charge on any atom is 0.325 e. The van der Waals surface area contributed by atoms with Gasteiger partial charge >= 0.3 is 5.97 Å². The average Bonchev–Trinajstić information content (AvgIpc) is 2.80. The van der Waals surface area contributed by atoms with Gasteiger partial charge in [0.25, 0.3) is 0 Å². The summed E-state index contributed by atoms with van der Waals surface area (Å²) in [7, 11) is 1.34. The van der Waals surface area contributed by atoms with Crippen LogP contribution in [0.4, 0.5) is 0 Å². The molecule has 16 heavy (non-hydrogen) atoms. The number of carbonyl (C=O) groups excluding carboxylic acids is 2. The fraction of sp³-hybridized carbons (Fsp3) is 0.818. The Bertz CT molecular complexity index is 250. The first-order chi connectivity index (χ1) is 7.69. The van der Waals surface area contributed by atoms with E-state index in [2.05, 4.69) is 10.1 Å². The number of hydrogen-bond acceptors (Lipinski definition) is 4. The molecule has 1 N–H and O–H groups in total. The van der Waals surface area contributed by atoms with Gasteiger partial charge in [0, 0.05) is 13.1 Å². The minimum absolute atomic E-state index is 0.0243. The van der Waals surface area contributed by atoms with Crippen LogP contribution in [0.25, 0.3) is 0 Å². The van der Waals surface area contributed by atoms with E-state index in [0.717, 1.165) is 25.9 Å². The molecule has 1 heterocycles. The molecule has 1 rings (SSSR count). The van der Waals surface area contributed by atoms with E-state index < -0.39 is 0 Å². The fourth-order valence-electron chi connectivity index (χ4n) is 1.88. The van der Waals surface area contributed by atoms with Gasteiger partial charge in [0.05, 0.1) is 13.0 Å². The second-order valence-electron chi connectivity index (χ2n) is 4.03. The molecule has 5 heteroatoms. The summed E-state index contributed by atoms with van der Waals surface area (Å²) in [4.78, 5) is 24.9. The number of methoxy groups -OCH3 is 1. The van der Waals surface area contributed by atoms with Crippen LogP contribution in [0.1, 0.15) is 19.8 Å². The van der Waals surface area contributed by atoms with Crippen LogP contribution >= 0.6 is 0 Å². The third kappa shape index (κ3) is 3.48. The molecular formula is C11H20N2O3. The lowest BCUT2D eigenvalue weighted by atomic mass is 10.1. The highest BCUT2D eigenvalue weighted by molar-refractivity contribution is 5.84. The summed E-state index contributed by atoms with van der Waals surface area (Å²) in [6, 6.07) is 0. The van der Waals surface area contributed by atoms with Gasteiger partial charge in [-0.15, -0.1) is 0 Å². The molecule has 1 saturated heterocycles. The number of ether oxygens (including phenoxy) is 1. The lowest BCUT2D eigenvalue weighted by Crippen LogP contribution is -2.41. The zero-order valence-corrected chi connectivity index (χ0v) is 9.99. The first-order valence-corrected chi connectivity index (χ1v) is 5.75. The van der Waals surface area contributed by atoms with Crippen LogP contribution in [0.2, 0.25) is 0 Å². The third-order valence-electron chi connectivity index (χ3n) is 2.76. The minimum Gasteiger partial charge on any atom is -0.468 e. The van der Waals surface area contributed by atoms with E-state index in [1.807, 2.05) is 6.92 Å². The van der Waals surface area contributed by atoms with Gasteiger partial charge in [-0.3, -0.25) is 9.59 Å². The number of hydrogen-bond donors (Lipinski definition) is 1. The van der Waals surface area contributed by atoms with E-state index in [-0.39, 0.29) is 24.3 Å². The Kier molecular flexibility index (Phi) is 5.25. The van der Waals surface area contributed by atoms with Crippen molar-refractivity contribution in [2.45, 2.75) is 19.8 Å². The van der Waals surface area contributed by atoms with Crippen LogP contribution in [-0.2, 0) is 14.3 Å². The van der Waals surface area contributed by atoms with Crippen molar-refractivity contribution in [3.63, 3.8) is 0 Å². The Morgan fingerprint density at radius 2 is 2.25 bits per heavy atom. The smallest absolute Gasteiger partial charge is 0.325 e. The van der Waals surface area contributed by atoms with E-state index in [4.69, 9.17) is 0 Å². The van der Waals surface area contributed by atoms with Crippen LogP contribution in [0.5, 0.6) is 0 Å². The lowest BCUT2D eigenvalue weighted by molar-refractivity contribution is -0.148. The predicted octanol–water partition coefficient (Wildman–Crippen LogP) is 0.00750. The zero-order chi connectivity index (χ0) is 12.0. The van der Waals surface area contributed by atoms with Crippen molar-refractivity contribution < 1.29 is 14.3 Å². The molecule has 1 fully saturated rings. The van der Waals surface area contributed by atoms with E-state index >= 15 is 0 Å². The van der Waals surface area contributed by atoms with E-state index in [0.29, 0.717) is 6.54 Å². The second kappa shape index (κ2) is 6.48. The minimum atomic E-state index is -0.354. The van der Waals surface area contributed by atoms with Crippen molar-refractivity contribution >= 4 is 11.9 Å². The molecule has 0 aromatic rings. The summed E-state index contributed by atoms with van der Waals surface area (Å²) in [6.45, 7) is 4.28. The van der Waals surface area contributed by atoms with Gasteiger partial charge in [0.1, 0.15) is 6.54 Å². The van der Waals surface area contributed by atoms with Crippen molar-refractivity contribution in [3.8, 4) is 0 Å². The monoisotopic (exact) mass is 228 g/mol. The number of esters is 1. The molecule has 1 aliphatic rings. The SMILES string of the molecule is CCCN(CC(=O)OC)C(=O)C1CCNC1. The summed E-state index contributed by atoms with van der Waals surface area (Å²) < 4.78 is 4.59. The summed E-state index contributed by atoms with van der Waals surface area (Å²) in [6.07, 6.45) is 1.71. The van der Waals surface area contributed by atoms with Crippen molar-refractivity contribution in [1.29, 1.82) is 0 Å². The molecule has 5 nitrogen and oxygen atoms in total. The molecule has 1 unspecified atom stereocenters. The molecule has 1 atom stereocenters. The van der Waals surface area contributed by atoms with Crippen molar-refractivity contribution in [2.24, 2.45) is 5.92 Å². The molecule has 1 aliphatic heterocycles. The van der Waals surface area contributed by atoms with Crippen LogP contribution in [-0.4, -0.2) is 50.1 Å². The van der Waals surface area contributed by atoms with Crippen molar-refractivity contribution in [3.05, 3.63) is 0 Å². The van der Waals surface area contributed by atoms with Gasteiger partial charge in [0.15, 0.2) is 0 Å². The lowest BCUT2D eigenvalue weighted by Gasteiger charge is -2.23. The molecule has 0 spiro atoms. The molecule has 0 bridgehead atoms. The van der Waals surface area contributed by atoms with E-state index in [9.17, 15) is 9.59 Å². The molecule has 0 radical (unpaired) electrons. The van der Waals surface area contributed by atoms with Crippen LogP contribution in [0, 0.1) is 5.92 Å². The number of nitrogens with zero attached hydrogens (tertiary/aromatic N) is 1. The largest absolute Gasteiger partial charge is 0.468 e. The first-order valence-electron chi connectivity index (χ1n) is 5.75. The molecule has 0 saturated carbocycles. The predicted molar refractivity (Wildman–Crippen MR) is 59.9 cm³/mol. The first kappa shape index (κ1) is 13.0. The molecule has 0 aliphatic carbocycles. The van der Waals surface area contributed by atoms with Gasteiger partial charge in [-0.05, 0) is 19.4 Å². The van der Waals surface area contributed by atoms with E-state index in [1.165, 1.54) is 7.11 Å². The van der Waals surface area contributed by atoms with Gasteiger partial charge in [-0.1, -0.05) is 6.92 Å². The van der Waals surface area contributed by atoms with Gasteiger partial charge in [-0.2, -0.15) is 0 Å². The highest BCUT2D eigenvalue weighted by Gasteiger charge is 2.27. The Morgan fingerprint density at radius 1 is 1.50 bits per heavy atom. The number of carbonyl (C=O) groups is 2. The Morgan fingerprint density at radius 3 is 2.75 bits per heavy atom. The molecular weight excluding hydrogens is 208 g/mol. The quantitative estimate of drug-likeness (QED) is 0.673. The molecule has 1 amide bonds. The Labute approximate surface area is 96.1 Å². The maximum atomic E-state index is 12.1. The topological polar surface area (TPSA) is 58.6 Å². The summed E-state index contributed by atoms with van der Waals surface area (Å²) in [5.74, 6) is -0.263. The van der Waals surface area contributed by atoms with Gasteiger partial charge < -0.3 is 15.0 Å². The number of nitrogens with one attached hydrogen (secondary N) is 1. The number of amides is 1. The Balaban J connectivity index is 2.53. The summed E-state index contributed by atoms with van der Waals surface area (Å²) in [5.41, 5.74) is 0. The van der Waals surface area contributed by atoms with Crippen molar-refractivity contribution in [1.82, 2.24) is 10.2 Å². The number of rotatable bonds is 5. The standard InChI is InChI=1S/C11H20N2O3/c1-3-6-13(8-10(14)16-2)11(15)9-4-5-12-7-9/h9,12H,3-8H2,1-2H3. The third-order valence-corrected chi connectivity index (χ3v) is 2.76. The normalized spacial score (nSPS) is 19.5. The summed E-state index contributed by atoms with van der Waals surface area (Å²) in [5, 5.41) is 3.15. The molecule has 92 valence electrons. The zero-order valence-electron chi connectivity index (χ0n) is 9.99. The van der Waals surface area contributed by atoms with Crippen LogP contribution in [0.15, 0.2) is 0 Å². The highest BCUT2D eigenvalue weighted by atomic mass is 16.5. The van der Waals surface area contributed by atoms with Gasteiger partial charge in [0.2, 0.25) is 5.91 Å². The van der Waals surface area contributed by atoms with E-state index in [1.54, 1.807) is 4.90 Å². The van der Waals surface area contributed by atoms with Crippen LogP contribution in [0.3, 0.4) is 0 Å². The van der Waals surface area contributed by atoms with Crippen LogP contribution < -0.4 is 5.32 Å². The Hall–Kier alpha value is -1.10. The molecule has 0 aromatic heterocycles. The maximum absolute atomic E-state index is 12.1. The summed E-state index contributed by atoms with van der Waals surface area (Å²) >= 11 is 0.